The van der Waals surface area contributed by atoms with Crippen LogP contribution in [-0.4, -0.2) is 50.5 Å². The smallest absolute Gasteiger partial charge is 0.340 e. The lowest BCUT2D eigenvalue weighted by molar-refractivity contribution is -0.119. The molecule has 0 saturated carbocycles. The minimum absolute atomic E-state index is 0.0739. The van der Waals surface area contributed by atoms with Gasteiger partial charge in [-0.1, -0.05) is 12.1 Å². The zero-order valence-corrected chi connectivity index (χ0v) is 18.8. The molecule has 1 aromatic carbocycles. The number of anilines is 2. The SMILES string of the molecule is NC(=O)c1c(NC(=O)COC(=O)c2ccccc2NC(=O)Cn2cnnn2)sc2c1CCCC2. The van der Waals surface area contributed by atoms with E-state index in [0.717, 1.165) is 36.1 Å². The average molecular weight is 484 g/mol. The van der Waals surface area contributed by atoms with Crippen molar-refractivity contribution in [2.75, 3.05) is 17.2 Å². The minimum atomic E-state index is -0.797. The van der Waals surface area contributed by atoms with Gasteiger partial charge in [-0.05, 0) is 53.8 Å². The molecule has 0 atom stereocenters. The van der Waals surface area contributed by atoms with Crippen molar-refractivity contribution >= 4 is 45.7 Å². The van der Waals surface area contributed by atoms with Gasteiger partial charge in [0.05, 0.1) is 16.8 Å². The second-order valence-electron chi connectivity index (χ2n) is 7.50. The number of thiophene rings is 1. The van der Waals surface area contributed by atoms with Crippen molar-refractivity contribution in [3.63, 3.8) is 0 Å². The van der Waals surface area contributed by atoms with Crippen molar-refractivity contribution in [1.29, 1.82) is 0 Å². The summed E-state index contributed by atoms with van der Waals surface area (Å²) in [7, 11) is 0. The number of aryl methyl sites for hydroxylation is 1. The van der Waals surface area contributed by atoms with Gasteiger partial charge in [-0.3, -0.25) is 14.4 Å². The number of hydrogen-bond acceptors (Lipinski definition) is 9. The summed E-state index contributed by atoms with van der Waals surface area (Å²) in [5.74, 6) is -2.45. The molecule has 4 rings (SSSR count). The molecule has 1 aliphatic rings. The lowest BCUT2D eigenvalue weighted by Gasteiger charge is -2.11. The van der Waals surface area contributed by atoms with Gasteiger partial charge in [-0.25, -0.2) is 9.48 Å². The van der Waals surface area contributed by atoms with E-state index in [4.69, 9.17) is 10.5 Å². The van der Waals surface area contributed by atoms with Crippen molar-refractivity contribution in [3.8, 4) is 0 Å². The van der Waals surface area contributed by atoms with Gasteiger partial charge in [0, 0.05) is 4.88 Å². The van der Waals surface area contributed by atoms with Crippen LogP contribution < -0.4 is 16.4 Å². The van der Waals surface area contributed by atoms with E-state index in [9.17, 15) is 19.2 Å². The van der Waals surface area contributed by atoms with E-state index in [2.05, 4.69) is 26.2 Å². The van der Waals surface area contributed by atoms with Crippen LogP contribution in [0.2, 0.25) is 0 Å². The number of ether oxygens (including phenoxy) is 1. The van der Waals surface area contributed by atoms with E-state index in [-0.39, 0.29) is 17.8 Å². The van der Waals surface area contributed by atoms with Crippen LogP contribution in [0.4, 0.5) is 10.7 Å². The molecule has 0 aliphatic heterocycles. The molecule has 0 bridgehead atoms. The van der Waals surface area contributed by atoms with Crippen LogP contribution in [0, 0.1) is 0 Å². The monoisotopic (exact) mass is 483 g/mol. The Morgan fingerprint density at radius 2 is 1.88 bits per heavy atom. The number of carbonyl (C=O) groups is 4. The summed E-state index contributed by atoms with van der Waals surface area (Å²) in [6.07, 6.45) is 4.83. The molecule has 34 heavy (non-hydrogen) atoms. The summed E-state index contributed by atoms with van der Waals surface area (Å²) in [5, 5.41) is 16.1. The molecule has 0 saturated heterocycles. The van der Waals surface area contributed by atoms with Gasteiger partial charge in [-0.15, -0.1) is 16.4 Å². The molecule has 2 aromatic heterocycles. The fraction of sp³-hybridized carbons (Fsp3) is 0.286. The number of carbonyl (C=O) groups excluding carboxylic acids is 4. The van der Waals surface area contributed by atoms with Gasteiger partial charge in [0.15, 0.2) is 6.61 Å². The van der Waals surface area contributed by atoms with Crippen LogP contribution in [0.15, 0.2) is 30.6 Å². The number of para-hydroxylation sites is 1. The van der Waals surface area contributed by atoms with Gasteiger partial charge in [0.25, 0.3) is 11.8 Å². The number of rotatable bonds is 8. The molecule has 13 heteroatoms. The number of fused-ring (bicyclic) bond motifs is 1. The largest absolute Gasteiger partial charge is 0.452 e. The molecule has 1 aliphatic carbocycles. The summed E-state index contributed by atoms with van der Waals surface area (Å²) < 4.78 is 6.37. The van der Waals surface area contributed by atoms with E-state index >= 15 is 0 Å². The molecule has 0 radical (unpaired) electrons. The number of nitrogens with two attached hydrogens (primary N) is 1. The molecular weight excluding hydrogens is 462 g/mol. The number of nitrogens with one attached hydrogen (secondary N) is 2. The number of amides is 3. The Balaban J connectivity index is 1.38. The Morgan fingerprint density at radius 3 is 2.65 bits per heavy atom. The molecule has 12 nitrogen and oxygen atoms in total. The molecular formula is C21H21N7O5S. The van der Waals surface area contributed by atoms with Gasteiger partial charge in [-0.2, -0.15) is 0 Å². The fourth-order valence-corrected chi connectivity index (χ4v) is 4.96. The molecule has 0 fully saturated rings. The van der Waals surface area contributed by atoms with Gasteiger partial charge in [0.2, 0.25) is 5.91 Å². The highest BCUT2D eigenvalue weighted by atomic mass is 32.1. The Kier molecular flexibility index (Phi) is 6.92. The van der Waals surface area contributed by atoms with Crippen LogP contribution in [0.25, 0.3) is 0 Å². The lowest BCUT2D eigenvalue weighted by Crippen LogP contribution is -2.24. The number of tetrazole rings is 1. The molecule has 0 unspecified atom stereocenters. The molecule has 4 N–H and O–H groups in total. The van der Waals surface area contributed by atoms with E-state index in [1.54, 1.807) is 12.1 Å². The van der Waals surface area contributed by atoms with E-state index in [0.29, 0.717) is 10.6 Å². The highest BCUT2D eigenvalue weighted by Gasteiger charge is 2.25. The highest BCUT2D eigenvalue weighted by Crippen LogP contribution is 2.37. The molecule has 2 heterocycles. The summed E-state index contributed by atoms with van der Waals surface area (Å²) in [6.45, 7) is -0.724. The first-order valence-corrected chi connectivity index (χ1v) is 11.2. The Morgan fingerprint density at radius 1 is 1.09 bits per heavy atom. The first-order chi connectivity index (χ1) is 16.4. The maximum atomic E-state index is 12.6. The second kappa shape index (κ2) is 10.2. The Labute approximate surface area is 197 Å². The topological polar surface area (TPSA) is 171 Å². The third kappa shape index (κ3) is 5.26. The van der Waals surface area contributed by atoms with Crippen LogP contribution in [0.1, 0.15) is 44.0 Å². The maximum absolute atomic E-state index is 12.6. The maximum Gasteiger partial charge on any atom is 0.340 e. The summed E-state index contributed by atoms with van der Waals surface area (Å²) in [5.41, 5.74) is 7.05. The molecule has 0 spiro atoms. The second-order valence-corrected chi connectivity index (χ2v) is 8.61. The van der Waals surface area contributed by atoms with Crippen LogP contribution in [-0.2, 0) is 33.7 Å². The van der Waals surface area contributed by atoms with Crippen molar-refractivity contribution in [1.82, 2.24) is 20.2 Å². The van der Waals surface area contributed by atoms with Crippen LogP contribution >= 0.6 is 11.3 Å². The first-order valence-electron chi connectivity index (χ1n) is 10.4. The predicted molar refractivity (Wildman–Crippen MR) is 121 cm³/mol. The van der Waals surface area contributed by atoms with E-state index in [1.807, 2.05) is 0 Å². The zero-order chi connectivity index (χ0) is 24.1. The van der Waals surface area contributed by atoms with Crippen molar-refractivity contribution in [2.45, 2.75) is 32.2 Å². The Hall–Kier alpha value is -4.13. The highest BCUT2D eigenvalue weighted by molar-refractivity contribution is 7.17. The van der Waals surface area contributed by atoms with Crippen LogP contribution in [0.5, 0.6) is 0 Å². The molecule has 176 valence electrons. The van der Waals surface area contributed by atoms with Gasteiger partial charge >= 0.3 is 5.97 Å². The number of benzene rings is 1. The third-order valence-electron chi connectivity index (χ3n) is 5.12. The summed E-state index contributed by atoms with van der Waals surface area (Å²) >= 11 is 1.32. The Bertz CT molecular complexity index is 1240. The molecule has 3 amide bonds. The fourth-order valence-electron chi connectivity index (χ4n) is 3.65. The minimum Gasteiger partial charge on any atom is -0.452 e. The number of primary amides is 1. The summed E-state index contributed by atoms with van der Waals surface area (Å²) in [6, 6.07) is 6.23. The zero-order valence-electron chi connectivity index (χ0n) is 17.9. The number of hydrogen-bond donors (Lipinski definition) is 3. The normalized spacial score (nSPS) is 12.5. The quantitative estimate of drug-likeness (QED) is 0.400. The van der Waals surface area contributed by atoms with E-state index in [1.165, 1.54) is 34.5 Å². The first kappa shape index (κ1) is 23.0. The average Bonchev–Trinajstić information content (AvgIpc) is 3.44. The lowest BCUT2D eigenvalue weighted by atomic mass is 9.95. The van der Waals surface area contributed by atoms with Crippen molar-refractivity contribution in [2.24, 2.45) is 5.73 Å². The summed E-state index contributed by atoms with van der Waals surface area (Å²) in [4.78, 5) is 50.3. The third-order valence-corrected chi connectivity index (χ3v) is 6.33. The van der Waals surface area contributed by atoms with Gasteiger partial charge < -0.3 is 21.1 Å². The standard InChI is InChI=1S/C21H21N7O5S/c22-19(31)18-13-6-2-4-8-15(13)34-20(18)25-17(30)10-33-21(32)12-5-1-3-7-14(12)24-16(29)9-28-11-23-26-27-28/h1,3,5,7,11H,2,4,6,8-10H2,(H2,22,31)(H,24,29)(H,25,30). The van der Waals surface area contributed by atoms with Crippen molar-refractivity contribution < 1.29 is 23.9 Å². The van der Waals surface area contributed by atoms with Gasteiger partial charge in [0.1, 0.15) is 17.9 Å². The number of nitrogens with zero attached hydrogens (tertiary/aromatic N) is 4. The van der Waals surface area contributed by atoms with E-state index < -0.39 is 30.3 Å². The van der Waals surface area contributed by atoms with Crippen molar-refractivity contribution in [3.05, 3.63) is 52.2 Å². The number of esters is 1. The van der Waals surface area contributed by atoms with Crippen LogP contribution in [0.3, 0.4) is 0 Å². The predicted octanol–water partition coefficient (Wildman–Crippen LogP) is 1.15. The number of aromatic nitrogens is 4. The molecule has 3 aromatic rings.